The fourth-order valence-corrected chi connectivity index (χ4v) is 2.28. The van der Waals surface area contributed by atoms with Crippen LogP contribution in [0.1, 0.15) is 17.2 Å². The minimum Gasteiger partial charge on any atom is -0.324 e. The molecule has 0 aromatic heterocycles. The van der Waals surface area contributed by atoms with Crippen LogP contribution < -0.4 is 5.73 Å². The van der Waals surface area contributed by atoms with Gasteiger partial charge in [-0.2, -0.15) is 0 Å². The van der Waals surface area contributed by atoms with Gasteiger partial charge >= 0.3 is 0 Å². The van der Waals surface area contributed by atoms with Crippen molar-refractivity contribution in [3.63, 3.8) is 0 Å². The van der Waals surface area contributed by atoms with Crippen LogP contribution in [0.15, 0.2) is 36.4 Å². The summed E-state index contributed by atoms with van der Waals surface area (Å²) in [7, 11) is 0. The SMILES string of the molecule is NC(Cc1c(F)cccc1Cl)c1cc(Cl)ccc1F. The third kappa shape index (κ3) is 3.24. The summed E-state index contributed by atoms with van der Waals surface area (Å²) in [6.45, 7) is 0. The van der Waals surface area contributed by atoms with Gasteiger partial charge in [0.15, 0.2) is 0 Å². The molecule has 0 amide bonds. The first-order valence-electron chi connectivity index (χ1n) is 5.62. The zero-order chi connectivity index (χ0) is 14.0. The molecule has 0 bridgehead atoms. The van der Waals surface area contributed by atoms with E-state index in [9.17, 15) is 8.78 Å². The summed E-state index contributed by atoms with van der Waals surface area (Å²) < 4.78 is 27.3. The van der Waals surface area contributed by atoms with E-state index in [0.717, 1.165) is 0 Å². The molecule has 0 fully saturated rings. The van der Waals surface area contributed by atoms with Crippen molar-refractivity contribution in [2.75, 3.05) is 0 Å². The predicted octanol–water partition coefficient (Wildman–Crippen LogP) is 4.51. The Hall–Kier alpha value is -1.16. The molecule has 0 aliphatic rings. The largest absolute Gasteiger partial charge is 0.324 e. The smallest absolute Gasteiger partial charge is 0.128 e. The van der Waals surface area contributed by atoms with E-state index in [1.165, 1.54) is 30.3 Å². The molecule has 0 saturated heterocycles. The number of benzene rings is 2. The molecule has 2 aromatic carbocycles. The number of hydrogen-bond acceptors (Lipinski definition) is 1. The average Bonchev–Trinajstić information content (AvgIpc) is 2.37. The van der Waals surface area contributed by atoms with Crippen LogP contribution in [-0.2, 0) is 6.42 Å². The highest BCUT2D eigenvalue weighted by Gasteiger charge is 2.16. The highest BCUT2D eigenvalue weighted by Crippen LogP contribution is 2.27. The quantitative estimate of drug-likeness (QED) is 0.886. The maximum Gasteiger partial charge on any atom is 0.128 e. The first-order chi connectivity index (χ1) is 8.99. The fraction of sp³-hybridized carbons (Fsp3) is 0.143. The van der Waals surface area contributed by atoms with Crippen LogP contribution in [0.25, 0.3) is 0 Å². The highest BCUT2D eigenvalue weighted by molar-refractivity contribution is 6.31. The van der Waals surface area contributed by atoms with Crippen molar-refractivity contribution in [3.05, 3.63) is 69.2 Å². The molecule has 0 radical (unpaired) electrons. The van der Waals surface area contributed by atoms with Crippen molar-refractivity contribution >= 4 is 23.2 Å². The lowest BCUT2D eigenvalue weighted by Crippen LogP contribution is -2.16. The van der Waals surface area contributed by atoms with Gasteiger partial charge < -0.3 is 5.73 Å². The van der Waals surface area contributed by atoms with Gasteiger partial charge in [0.05, 0.1) is 0 Å². The Morgan fingerprint density at radius 3 is 2.47 bits per heavy atom. The minimum absolute atomic E-state index is 0.1000. The summed E-state index contributed by atoms with van der Waals surface area (Å²) in [6.07, 6.45) is 0.1000. The van der Waals surface area contributed by atoms with Crippen LogP contribution >= 0.6 is 23.2 Å². The summed E-state index contributed by atoms with van der Waals surface area (Å²) in [5, 5.41) is 0.657. The maximum absolute atomic E-state index is 13.7. The molecule has 5 heteroatoms. The molecule has 0 aliphatic carbocycles. The monoisotopic (exact) mass is 301 g/mol. The van der Waals surface area contributed by atoms with Gasteiger partial charge in [-0.3, -0.25) is 0 Å². The molecule has 1 unspecified atom stereocenters. The van der Waals surface area contributed by atoms with Gasteiger partial charge in [0.25, 0.3) is 0 Å². The Morgan fingerprint density at radius 1 is 1.05 bits per heavy atom. The summed E-state index contributed by atoms with van der Waals surface area (Å²) in [6, 6.07) is 7.77. The molecule has 0 aliphatic heterocycles. The average molecular weight is 302 g/mol. The Kier molecular flexibility index (Phi) is 4.40. The Labute approximate surface area is 119 Å². The molecule has 19 heavy (non-hydrogen) atoms. The van der Waals surface area contributed by atoms with Gasteiger partial charge in [0, 0.05) is 27.2 Å². The second-order valence-electron chi connectivity index (χ2n) is 4.18. The first-order valence-corrected chi connectivity index (χ1v) is 6.38. The van der Waals surface area contributed by atoms with E-state index >= 15 is 0 Å². The van der Waals surface area contributed by atoms with Crippen molar-refractivity contribution in [1.29, 1.82) is 0 Å². The van der Waals surface area contributed by atoms with E-state index in [1.807, 2.05) is 0 Å². The zero-order valence-corrected chi connectivity index (χ0v) is 11.3. The summed E-state index contributed by atoms with van der Waals surface area (Å²) >= 11 is 11.7. The zero-order valence-electron chi connectivity index (χ0n) is 9.84. The molecule has 2 rings (SSSR count). The second-order valence-corrected chi connectivity index (χ2v) is 5.02. The van der Waals surface area contributed by atoms with Gasteiger partial charge in [0.1, 0.15) is 11.6 Å². The lowest BCUT2D eigenvalue weighted by molar-refractivity contribution is 0.563. The van der Waals surface area contributed by atoms with Crippen molar-refractivity contribution < 1.29 is 8.78 Å². The normalized spacial score (nSPS) is 12.5. The molecule has 100 valence electrons. The van der Waals surface area contributed by atoms with E-state index in [0.29, 0.717) is 5.02 Å². The number of rotatable bonds is 3. The molecule has 1 atom stereocenters. The van der Waals surface area contributed by atoms with Crippen LogP contribution in [0.4, 0.5) is 8.78 Å². The lowest BCUT2D eigenvalue weighted by atomic mass is 9.99. The number of hydrogen-bond donors (Lipinski definition) is 1. The highest BCUT2D eigenvalue weighted by atomic mass is 35.5. The molecular weight excluding hydrogens is 291 g/mol. The molecule has 0 saturated carbocycles. The molecule has 0 heterocycles. The van der Waals surface area contributed by atoms with E-state index in [-0.39, 0.29) is 22.6 Å². The maximum atomic E-state index is 13.7. The third-order valence-corrected chi connectivity index (χ3v) is 3.43. The van der Waals surface area contributed by atoms with Gasteiger partial charge in [-0.15, -0.1) is 0 Å². The predicted molar refractivity (Wildman–Crippen MR) is 73.5 cm³/mol. The van der Waals surface area contributed by atoms with E-state index < -0.39 is 17.7 Å². The van der Waals surface area contributed by atoms with Crippen molar-refractivity contribution in [3.8, 4) is 0 Å². The molecule has 2 aromatic rings. The van der Waals surface area contributed by atoms with E-state index in [4.69, 9.17) is 28.9 Å². The Bertz CT molecular complexity index is 582. The standard InChI is InChI=1S/C14H11Cl2F2N/c15-8-4-5-13(18)10(6-8)14(19)7-9-11(16)2-1-3-12(9)17/h1-6,14H,7,19H2. The molecule has 2 N–H and O–H groups in total. The van der Waals surface area contributed by atoms with Crippen LogP contribution in [0.2, 0.25) is 10.0 Å². The molecule has 0 spiro atoms. The topological polar surface area (TPSA) is 26.0 Å². The Balaban J connectivity index is 2.31. The summed E-state index contributed by atoms with van der Waals surface area (Å²) in [4.78, 5) is 0. The summed E-state index contributed by atoms with van der Waals surface area (Å²) in [5.74, 6) is -0.922. The van der Waals surface area contributed by atoms with Gasteiger partial charge in [-0.1, -0.05) is 29.3 Å². The first kappa shape index (κ1) is 14.3. The van der Waals surface area contributed by atoms with Crippen LogP contribution in [0.5, 0.6) is 0 Å². The van der Waals surface area contributed by atoms with E-state index in [2.05, 4.69) is 0 Å². The molecular formula is C14H11Cl2F2N. The van der Waals surface area contributed by atoms with Crippen LogP contribution in [-0.4, -0.2) is 0 Å². The van der Waals surface area contributed by atoms with Crippen LogP contribution in [0, 0.1) is 11.6 Å². The van der Waals surface area contributed by atoms with E-state index in [1.54, 1.807) is 6.07 Å². The lowest BCUT2D eigenvalue weighted by Gasteiger charge is -2.15. The Morgan fingerprint density at radius 2 is 1.79 bits per heavy atom. The van der Waals surface area contributed by atoms with Crippen molar-refractivity contribution in [2.24, 2.45) is 5.73 Å². The third-order valence-electron chi connectivity index (χ3n) is 2.84. The minimum atomic E-state index is -0.715. The number of nitrogens with two attached hydrogens (primary N) is 1. The summed E-state index contributed by atoms with van der Waals surface area (Å²) in [5.41, 5.74) is 6.43. The molecule has 1 nitrogen and oxygen atoms in total. The fourth-order valence-electron chi connectivity index (χ4n) is 1.86. The van der Waals surface area contributed by atoms with Crippen molar-refractivity contribution in [1.82, 2.24) is 0 Å². The van der Waals surface area contributed by atoms with Gasteiger partial charge in [0.2, 0.25) is 0 Å². The van der Waals surface area contributed by atoms with Gasteiger partial charge in [-0.25, -0.2) is 8.78 Å². The second kappa shape index (κ2) is 5.87. The van der Waals surface area contributed by atoms with Crippen LogP contribution in [0.3, 0.4) is 0 Å². The van der Waals surface area contributed by atoms with Crippen molar-refractivity contribution in [2.45, 2.75) is 12.5 Å². The van der Waals surface area contributed by atoms with Gasteiger partial charge in [-0.05, 0) is 36.8 Å². The number of halogens is 4.